The van der Waals surface area contributed by atoms with Crippen molar-refractivity contribution in [3.8, 4) is 11.8 Å². The molecule has 0 saturated heterocycles. The van der Waals surface area contributed by atoms with Gasteiger partial charge < -0.3 is 4.74 Å². The third kappa shape index (κ3) is 3.15. The van der Waals surface area contributed by atoms with Crippen molar-refractivity contribution in [2.24, 2.45) is 5.84 Å². The number of nitriles is 1. The highest BCUT2D eigenvalue weighted by molar-refractivity contribution is 5.76. The minimum Gasteiger partial charge on any atom is -0.477 e. The van der Waals surface area contributed by atoms with Crippen LogP contribution in [0.25, 0.3) is 0 Å². The molecule has 8 nitrogen and oxygen atoms in total. The molecule has 0 saturated carbocycles. The first-order valence-electron chi connectivity index (χ1n) is 4.39. The summed E-state index contributed by atoms with van der Waals surface area (Å²) in [7, 11) is 0. The van der Waals surface area contributed by atoms with Gasteiger partial charge in [0.1, 0.15) is 0 Å². The maximum Gasteiger partial charge on any atom is 0.312 e. The third-order valence-electron chi connectivity index (χ3n) is 1.80. The number of nitro benzene ring substituents is 1. The molecule has 88 valence electrons. The van der Waals surface area contributed by atoms with Crippen LogP contribution in [0.2, 0.25) is 0 Å². The number of rotatable bonds is 4. The van der Waals surface area contributed by atoms with Gasteiger partial charge in [0, 0.05) is 6.07 Å². The van der Waals surface area contributed by atoms with E-state index in [1.807, 2.05) is 5.43 Å². The number of hydrogen-bond acceptors (Lipinski definition) is 6. The van der Waals surface area contributed by atoms with E-state index in [0.717, 1.165) is 6.07 Å². The Kier molecular flexibility index (Phi) is 3.96. The quantitative estimate of drug-likeness (QED) is 0.323. The molecule has 0 spiro atoms. The van der Waals surface area contributed by atoms with Crippen molar-refractivity contribution in [1.82, 2.24) is 5.43 Å². The molecule has 0 aliphatic rings. The maximum absolute atomic E-state index is 10.8. The van der Waals surface area contributed by atoms with Gasteiger partial charge in [-0.2, -0.15) is 5.26 Å². The van der Waals surface area contributed by atoms with E-state index in [0.29, 0.717) is 0 Å². The molecule has 0 aromatic heterocycles. The first-order chi connectivity index (χ1) is 8.08. The Labute approximate surface area is 95.7 Å². The number of ether oxygens (including phenoxy) is 1. The molecule has 0 bridgehead atoms. The highest BCUT2D eigenvalue weighted by Gasteiger charge is 2.16. The lowest BCUT2D eigenvalue weighted by atomic mass is 10.2. The zero-order valence-corrected chi connectivity index (χ0v) is 8.54. The van der Waals surface area contributed by atoms with Crippen LogP contribution in [-0.4, -0.2) is 17.4 Å². The minimum atomic E-state index is -0.698. The SMILES string of the molecule is N#Cc1ccc(OCC(=O)NN)c([N+](=O)[O-])c1. The van der Waals surface area contributed by atoms with Gasteiger partial charge in [0.25, 0.3) is 5.91 Å². The molecule has 0 aliphatic carbocycles. The van der Waals surface area contributed by atoms with Crippen LogP contribution >= 0.6 is 0 Å². The first-order valence-corrected chi connectivity index (χ1v) is 4.39. The maximum atomic E-state index is 10.8. The Hall–Kier alpha value is -2.66. The lowest BCUT2D eigenvalue weighted by Crippen LogP contribution is -2.34. The molecule has 0 fully saturated rings. The summed E-state index contributed by atoms with van der Waals surface area (Å²) in [6.45, 7) is -0.441. The van der Waals surface area contributed by atoms with Crippen molar-refractivity contribution in [3.63, 3.8) is 0 Å². The highest BCUT2D eigenvalue weighted by Crippen LogP contribution is 2.27. The summed E-state index contributed by atoms with van der Waals surface area (Å²) in [6, 6.07) is 5.43. The van der Waals surface area contributed by atoms with E-state index in [-0.39, 0.29) is 17.0 Å². The molecule has 0 unspecified atom stereocenters. The molecule has 0 heterocycles. The fourth-order valence-corrected chi connectivity index (χ4v) is 1.04. The van der Waals surface area contributed by atoms with Crippen LogP contribution in [0.5, 0.6) is 5.75 Å². The second-order valence-corrected chi connectivity index (χ2v) is 2.91. The average molecular weight is 236 g/mol. The molecule has 3 N–H and O–H groups in total. The summed E-state index contributed by atoms with van der Waals surface area (Å²) in [5, 5.41) is 19.3. The fraction of sp³-hybridized carbons (Fsp3) is 0.111. The number of nitrogens with one attached hydrogen (secondary N) is 1. The molecule has 1 aromatic rings. The van der Waals surface area contributed by atoms with Crippen molar-refractivity contribution >= 4 is 11.6 Å². The monoisotopic (exact) mass is 236 g/mol. The van der Waals surface area contributed by atoms with Crippen LogP contribution in [0.4, 0.5) is 5.69 Å². The number of carbonyl (C=O) groups is 1. The van der Waals surface area contributed by atoms with E-state index >= 15 is 0 Å². The van der Waals surface area contributed by atoms with E-state index in [1.165, 1.54) is 12.1 Å². The molecular weight excluding hydrogens is 228 g/mol. The smallest absolute Gasteiger partial charge is 0.312 e. The number of hydrazine groups is 1. The van der Waals surface area contributed by atoms with Gasteiger partial charge in [-0.1, -0.05) is 0 Å². The molecule has 0 radical (unpaired) electrons. The molecule has 8 heteroatoms. The van der Waals surface area contributed by atoms with Gasteiger partial charge in [-0.05, 0) is 12.1 Å². The van der Waals surface area contributed by atoms with E-state index in [9.17, 15) is 14.9 Å². The number of amides is 1. The molecular formula is C9H8N4O4. The summed E-state index contributed by atoms with van der Waals surface area (Å²) in [6.07, 6.45) is 0. The largest absolute Gasteiger partial charge is 0.477 e. The van der Waals surface area contributed by atoms with Crippen LogP contribution in [-0.2, 0) is 4.79 Å². The molecule has 0 atom stereocenters. The van der Waals surface area contributed by atoms with E-state index in [1.54, 1.807) is 6.07 Å². The summed E-state index contributed by atoms with van der Waals surface area (Å²) in [4.78, 5) is 20.8. The molecule has 1 amide bonds. The molecule has 17 heavy (non-hydrogen) atoms. The highest BCUT2D eigenvalue weighted by atomic mass is 16.6. The number of benzene rings is 1. The Morgan fingerprint density at radius 3 is 2.88 bits per heavy atom. The van der Waals surface area contributed by atoms with Crippen molar-refractivity contribution in [3.05, 3.63) is 33.9 Å². The van der Waals surface area contributed by atoms with Gasteiger partial charge in [-0.15, -0.1) is 0 Å². The van der Waals surface area contributed by atoms with E-state index in [4.69, 9.17) is 15.8 Å². The Morgan fingerprint density at radius 1 is 1.65 bits per heavy atom. The van der Waals surface area contributed by atoms with Gasteiger partial charge in [0.05, 0.1) is 16.6 Å². The van der Waals surface area contributed by atoms with Gasteiger partial charge in [-0.3, -0.25) is 20.3 Å². The van der Waals surface area contributed by atoms with Gasteiger partial charge in [-0.25, -0.2) is 5.84 Å². The third-order valence-corrected chi connectivity index (χ3v) is 1.80. The molecule has 1 aromatic carbocycles. The summed E-state index contributed by atoms with van der Waals surface area (Å²) in [5.41, 5.74) is 1.57. The minimum absolute atomic E-state index is 0.0994. The van der Waals surface area contributed by atoms with Gasteiger partial charge >= 0.3 is 5.69 Å². The second kappa shape index (κ2) is 5.43. The van der Waals surface area contributed by atoms with E-state index in [2.05, 4.69) is 0 Å². The average Bonchev–Trinajstić information content (AvgIpc) is 2.35. The summed E-state index contributed by atoms with van der Waals surface area (Å²) < 4.78 is 4.91. The zero-order valence-electron chi connectivity index (χ0n) is 8.54. The summed E-state index contributed by atoms with van der Waals surface area (Å²) >= 11 is 0. The van der Waals surface area contributed by atoms with E-state index < -0.39 is 17.4 Å². The van der Waals surface area contributed by atoms with Crippen LogP contribution in [0.1, 0.15) is 5.56 Å². The van der Waals surface area contributed by atoms with Crippen molar-refractivity contribution in [2.45, 2.75) is 0 Å². The standard InChI is InChI=1S/C9H8N4O4/c10-4-6-1-2-8(7(3-6)13(15)16)17-5-9(14)12-11/h1-3H,5,11H2,(H,12,14). The second-order valence-electron chi connectivity index (χ2n) is 2.91. The van der Waals surface area contributed by atoms with Gasteiger partial charge in [0.2, 0.25) is 0 Å². The first kappa shape index (κ1) is 12.4. The number of hydrogen-bond donors (Lipinski definition) is 2. The Bertz CT molecular complexity index is 494. The number of nitrogens with two attached hydrogens (primary N) is 1. The molecule has 0 aliphatic heterocycles. The van der Waals surface area contributed by atoms with Crippen LogP contribution < -0.4 is 16.0 Å². The Balaban J connectivity index is 2.95. The number of nitrogens with zero attached hydrogens (tertiary/aromatic N) is 2. The normalized spacial score (nSPS) is 9.18. The van der Waals surface area contributed by atoms with Crippen LogP contribution in [0.3, 0.4) is 0 Å². The topological polar surface area (TPSA) is 131 Å². The lowest BCUT2D eigenvalue weighted by Gasteiger charge is -2.05. The molecule has 1 rings (SSSR count). The van der Waals surface area contributed by atoms with Gasteiger partial charge in [0.15, 0.2) is 12.4 Å². The Morgan fingerprint density at radius 2 is 2.35 bits per heavy atom. The lowest BCUT2D eigenvalue weighted by molar-refractivity contribution is -0.385. The van der Waals surface area contributed by atoms with Crippen LogP contribution in [0, 0.1) is 21.4 Å². The van der Waals surface area contributed by atoms with Crippen molar-refractivity contribution < 1.29 is 14.5 Å². The predicted molar refractivity (Wildman–Crippen MR) is 55.6 cm³/mol. The van der Waals surface area contributed by atoms with Crippen molar-refractivity contribution in [1.29, 1.82) is 5.26 Å². The number of carbonyl (C=O) groups excluding carboxylic acids is 1. The fourth-order valence-electron chi connectivity index (χ4n) is 1.04. The zero-order chi connectivity index (χ0) is 12.8. The summed E-state index contributed by atoms with van der Waals surface area (Å²) in [5.74, 6) is 4.10. The number of nitro groups is 1. The predicted octanol–water partition coefficient (Wildman–Crippen LogP) is -0.165. The van der Waals surface area contributed by atoms with Crippen LogP contribution in [0.15, 0.2) is 18.2 Å². The van der Waals surface area contributed by atoms with Crippen molar-refractivity contribution in [2.75, 3.05) is 6.61 Å².